The fourth-order valence-electron chi connectivity index (χ4n) is 3.84. The number of anilines is 3. The third-order valence-electron chi connectivity index (χ3n) is 5.61. The number of benzene rings is 3. The molecule has 3 aromatic rings. The van der Waals surface area contributed by atoms with Gasteiger partial charge < -0.3 is 4.90 Å². The molecule has 2 N–H and O–H groups in total. The fraction of sp³-hybridized carbons (Fsp3) is 0.0741. The lowest BCUT2D eigenvalue weighted by Gasteiger charge is -2.17. The van der Waals surface area contributed by atoms with Crippen molar-refractivity contribution in [2.75, 3.05) is 21.8 Å². The number of carbonyl (C=O) groups is 2. The van der Waals surface area contributed by atoms with Gasteiger partial charge in [0.2, 0.25) is 0 Å². The third-order valence-corrected chi connectivity index (χ3v) is 8.06. The highest BCUT2D eigenvalue weighted by molar-refractivity contribution is 8.27. The van der Waals surface area contributed by atoms with E-state index in [2.05, 4.69) is 34.8 Å². The molecule has 36 heavy (non-hydrogen) atoms. The predicted molar refractivity (Wildman–Crippen MR) is 153 cm³/mol. The first-order valence-electron chi connectivity index (χ1n) is 11.3. The van der Waals surface area contributed by atoms with Crippen molar-refractivity contribution in [3.8, 4) is 0 Å². The molecule has 0 bridgehead atoms. The van der Waals surface area contributed by atoms with Crippen LogP contribution in [0.1, 0.15) is 17.3 Å². The minimum atomic E-state index is -0.235. The van der Waals surface area contributed by atoms with Crippen LogP contribution in [0.3, 0.4) is 0 Å². The zero-order chi connectivity index (χ0) is 25.1. The normalized spacial score (nSPS) is 17.1. The molecule has 2 amide bonds. The second-order valence-corrected chi connectivity index (χ2v) is 10.6. The van der Waals surface area contributed by atoms with E-state index < -0.39 is 0 Å². The fourth-order valence-corrected chi connectivity index (χ4v) is 6.21. The molecule has 2 aliphatic rings. The van der Waals surface area contributed by atoms with Gasteiger partial charge in [-0.25, -0.2) is 0 Å². The van der Waals surface area contributed by atoms with E-state index in [1.807, 2.05) is 42.5 Å². The van der Waals surface area contributed by atoms with Crippen LogP contribution in [0.4, 0.5) is 17.1 Å². The Kier molecular flexibility index (Phi) is 7.13. The molecule has 0 saturated carbocycles. The van der Waals surface area contributed by atoms with Gasteiger partial charge in [-0.2, -0.15) is 0 Å². The van der Waals surface area contributed by atoms with Gasteiger partial charge in [-0.3, -0.25) is 25.3 Å². The minimum absolute atomic E-state index is 0.150. The molecule has 2 heterocycles. The summed E-state index contributed by atoms with van der Waals surface area (Å²) < 4.78 is 0.484. The number of fused-ring (bicyclic) bond motifs is 1. The summed E-state index contributed by atoms with van der Waals surface area (Å²) in [5, 5.41) is 1.08. The second-order valence-electron chi connectivity index (χ2n) is 7.85. The van der Waals surface area contributed by atoms with Gasteiger partial charge in [0.25, 0.3) is 11.8 Å². The van der Waals surface area contributed by atoms with Crippen molar-refractivity contribution >= 4 is 68.9 Å². The van der Waals surface area contributed by atoms with E-state index in [4.69, 9.17) is 12.2 Å². The maximum Gasteiger partial charge on any atom is 0.270 e. The number of thioether (sulfide) groups is 2. The van der Waals surface area contributed by atoms with Crippen LogP contribution in [0.15, 0.2) is 106 Å². The Morgan fingerprint density at radius 1 is 0.944 bits per heavy atom. The maximum atomic E-state index is 13.2. The van der Waals surface area contributed by atoms with Gasteiger partial charge in [0.15, 0.2) is 4.32 Å². The minimum Gasteiger partial charge on any atom is -0.335 e. The Morgan fingerprint density at radius 3 is 2.42 bits per heavy atom. The molecule has 9 heteroatoms. The quantitative estimate of drug-likeness (QED) is 0.225. The summed E-state index contributed by atoms with van der Waals surface area (Å²) in [5.41, 5.74) is 8.66. The zero-order valence-corrected chi connectivity index (χ0v) is 21.8. The number of thiocarbonyl (C=S) groups is 1. The highest BCUT2D eigenvalue weighted by Crippen LogP contribution is 2.46. The van der Waals surface area contributed by atoms with Gasteiger partial charge >= 0.3 is 0 Å². The highest BCUT2D eigenvalue weighted by Gasteiger charge is 2.33. The van der Waals surface area contributed by atoms with Gasteiger partial charge in [0.1, 0.15) is 0 Å². The molecule has 0 atom stereocenters. The molecule has 3 aromatic carbocycles. The molecular weight excluding hydrogens is 509 g/mol. The molecule has 2 aliphatic heterocycles. The van der Waals surface area contributed by atoms with Crippen molar-refractivity contribution in [1.29, 1.82) is 0 Å². The number of nitrogens with one attached hydrogen (secondary N) is 2. The summed E-state index contributed by atoms with van der Waals surface area (Å²) in [6, 6.07) is 24.4. The summed E-state index contributed by atoms with van der Waals surface area (Å²) in [4.78, 5) is 30.9. The van der Waals surface area contributed by atoms with Crippen molar-refractivity contribution in [2.24, 2.45) is 0 Å². The van der Waals surface area contributed by atoms with Crippen LogP contribution < -0.4 is 20.7 Å². The molecule has 180 valence electrons. The molecule has 6 nitrogen and oxygen atoms in total. The molecule has 0 radical (unpaired) electrons. The Bertz CT molecular complexity index is 1390. The first kappa shape index (κ1) is 24.2. The smallest absolute Gasteiger partial charge is 0.270 e. The van der Waals surface area contributed by atoms with Crippen LogP contribution in [0.2, 0.25) is 0 Å². The highest BCUT2D eigenvalue weighted by atomic mass is 32.2. The average molecular weight is 531 g/mol. The number of hydrogen-bond acceptors (Lipinski definition) is 7. The van der Waals surface area contributed by atoms with Crippen LogP contribution in [-0.2, 0) is 4.79 Å². The monoisotopic (exact) mass is 530 g/mol. The standard InChI is InChI=1S/C27H22N4O2S3/c1-2-30-21-10-6-7-11-22(21)35-24(30)17-16-23-26(33)31(27(34)36-23)20-14-12-19(13-15-20)28-29-25(32)18-8-4-3-5-9-18/h3-17,28H,2H2,1H3,(H,29,32)/b23-16+,24-17+. The van der Waals surface area contributed by atoms with Crippen LogP contribution in [0, 0.1) is 0 Å². The van der Waals surface area contributed by atoms with Gasteiger partial charge in [-0.1, -0.05) is 66.1 Å². The van der Waals surface area contributed by atoms with E-state index in [1.54, 1.807) is 48.2 Å². The number of nitrogens with zero attached hydrogens (tertiary/aromatic N) is 2. The van der Waals surface area contributed by atoms with Crippen molar-refractivity contribution in [3.63, 3.8) is 0 Å². The summed E-state index contributed by atoms with van der Waals surface area (Å²) in [5.74, 6) is -0.385. The number of hydrogen-bond donors (Lipinski definition) is 2. The number of hydrazine groups is 1. The summed E-state index contributed by atoms with van der Waals surface area (Å²) in [6.07, 6.45) is 3.84. The maximum absolute atomic E-state index is 13.2. The first-order valence-corrected chi connectivity index (χ1v) is 13.3. The largest absolute Gasteiger partial charge is 0.335 e. The lowest BCUT2D eigenvalue weighted by Crippen LogP contribution is -2.29. The van der Waals surface area contributed by atoms with Crippen molar-refractivity contribution in [2.45, 2.75) is 11.8 Å². The number of allylic oxidation sites excluding steroid dienone is 2. The van der Waals surface area contributed by atoms with E-state index in [9.17, 15) is 9.59 Å². The molecule has 1 saturated heterocycles. The predicted octanol–water partition coefficient (Wildman–Crippen LogP) is 6.17. The van der Waals surface area contributed by atoms with Gasteiger partial charge in [-0.05, 0) is 67.6 Å². The van der Waals surface area contributed by atoms with Crippen molar-refractivity contribution in [1.82, 2.24) is 5.43 Å². The van der Waals surface area contributed by atoms with Gasteiger partial charge in [0.05, 0.1) is 27.0 Å². The topological polar surface area (TPSA) is 64.7 Å². The van der Waals surface area contributed by atoms with E-state index in [1.165, 1.54) is 27.2 Å². The first-order chi connectivity index (χ1) is 17.5. The second kappa shape index (κ2) is 10.6. The Morgan fingerprint density at radius 2 is 1.67 bits per heavy atom. The van der Waals surface area contributed by atoms with E-state index >= 15 is 0 Å². The van der Waals surface area contributed by atoms with Crippen molar-refractivity contribution < 1.29 is 9.59 Å². The SMILES string of the molecule is CCN1/C(=C\C=C2\SC(=S)N(c3ccc(NNC(=O)c4ccccc4)cc3)C2=O)Sc2ccccc21. The number of amides is 2. The number of para-hydroxylation sites is 1. The molecule has 0 aromatic heterocycles. The molecule has 0 aliphatic carbocycles. The lowest BCUT2D eigenvalue weighted by atomic mass is 10.2. The Balaban J connectivity index is 1.26. The van der Waals surface area contributed by atoms with Crippen LogP contribution in [0.25, 0.3) is 0 Å². The molecule has 5 rings (SSSR count). The van der Waals surface area contributed by atoms with Gasteiger partial charge in [0, 0.05) is 17.0 Å². The van der Waals surface area contributed by atoms with Crippen LogP contribution in [-0.4, -0.2) is 22.7 Å². The number of rotatable bonds is 6. The van der Waals surface area contributed by atoms with E-state index in [-0.39, 0.29) is 11.8 Å². The summed E-state index contributed by atoms with van der Waals surface area (Å²) in [7, 11) is 0. The average Bonchev–Trinajstić information content (AvgIpc) is 3.42. The number of carbonyl (C=O) groups excluding carboxylic acids is 2. The third kappa shape index (κ3) is 4.90. The molecule has 0 spiro atoms. The lowest BCUT2D eigenvalue weighted by molar-refractivity contribution is -0.113. The summed E-state index contributed by atoms with van der Waals surface area (Å²) >= 11 is 8.51. The van der Waals surface area contributed by atoms with Crippen LogP contribution in [0.5, 0.6) is 0 Å². The Hall–Kier alpha value is -3.53. The van der Waals surface area contributed by atoms with E-state index in [0.29, 0.717) is 26.2 Å². The van der Waals surface area contributed by atoms with Crippen molar-refractivity contribution in [3.05, 3.63) is 107 Å². The zero-order valence-electron chi connectivity index (χ0n) is 19.3. The Labute approximate surface area is 223 Å². The summed E-state index contributed by atoms with van der Waals surface area (Å²) in [6.45, 7) is 2.96. The van der Waals surface area contributed by atoms with E-state index in [0.717, 1.165) is 11.6 Å². The molecule has 0 unspecified atom stereocenters. The van der Waals surface area contributed by atoms with Crippen LogP contribution >= 0.6 is 35.7 Å². The molecular formula is C27H22N4O2S3. The van der Waals surface area contributed by atoms with Gasteiger partial charge in [-0.15, -0.1) is 0 Å². The molecule has 1 fully saturated rings.